The van der Waals surface area contributed by atoms with Crippen LogP contribution in [-0.2, 0) is 14.4 Å². The summed E-state index contributed by atoms with van der Waals surface area (Å²) in [7, 11) is 1.58. The van der Waals surface area contributed by atoms with Crippen molar-refractivity contribution >= 4 is 34.5 Å². The molecule has 5 atom stereocenters. The molecule has 1 aromatic heterocycles. The number of amides is 4. The Bertz CT molecular complexity index is 1210. The summed E-state index contributed by atoms with van der Waals surface area (Å²) in [6, 6.07) is 5.65. The summed E-state index contributed by atoms with van der Waals surface area (Å²) in [5.41, 5.74) is 6.82. The van der Waals surface area contributed by atoms with Crippen LogP contribution >= 0.6 is 0 Å². The van der Waals surface area contributed by atoms with Crippen molar-refractivity contribution in [2.24, 2.45) is 23.5 Å². The van der Waals surface area contributed by atoms with Crippen LogP contribution in [0.3, 0.4) is 0 Å². The number of hydrogen-bond acceptors (Lipinski definition) is 5. The maximum Gasteiger partial charge on any atom is 0.271 e. The lowest BCUT2D eigenvalue weighted by Crippen LogP contribution is -2.55. The highest BCUT2D eigenvalue weighted by Gasteiger charge is 2.49. The summed E-state index contributed by atoms with van der Waals surface area (Å²) in [5, 5.41) is 6.43. The number of fused-ring (bicyclic) bond motifs is 2. The maximum atomic E-state index is 13.8. The second-order valence-electron chi connectivity index (χ2n) is 10.5. The summed E-state index contributed by atoms with van der Waals surface area (Å²) in [6.07, 6.45) is 5.50. The highest BCUT2D eigenvalue weighted by Crippen LogP contribution is 2.41. The first-order chi connectivity index (χ1) is 17.9. The van der Waals surface area contributed by atoms with Crippen molar-refractivity contribution in [1.29, 1.82) is 0 Å². The molecule has 198 valence electrons. The number of rotatable bonds is 7. The second kappa shape index (κ2) is 10.4. The highest BCUT2D eigenvalue weighted by atomic mass is 16.5. The SMILES string of the molecule is COc1cccc2[nH]c(C(=O)N3C[C@@H]4CCCC[C@@H]4[C@H]3C(=O)NC(C[C@@H]3CCCNC3=O)C(N)=O)cc12. The van der Waals surface area contributed by atoms with Gasteiger partial charge in [-0.15, -0.1) is 0 Å². The van der Waals surface area contributed by atoms with E-state index in [9.17, 15) is 19.2 Å². The lowest BCUT2D eigenvalue weighted by Gasteiger charge is -2.31. The van der Waals surface area contributed by atoms with Crippen molar-refractivity contribution in [2.45, 2.75) is 57.0 Å². The maximum absolute atomic E-state index is 13.8. The molecule has 1 unspecified atom stereocenters. The number of nitrogens with zero attached hydrogens (tertiary/aromatic N) is 1. The molecular formula is C27H35N5O5. The normalized spacial score (nSPS) is 26.3. The zero-order valence-electron chi connectivity index (χ0n) is 21.1. The third kappa shape index (κ3) is 4.89. The van der Waals surface area contributed by atoms with E-state index < -0.39 is 18.0 Å². The molecule has 2 aromatic rings. The van der Waals surface area contributed by atoms with Crippen LogP contribution in [0.5, 0.6) is 5.75 Å². The fourth-order valence-corrected chi connectivity index (χ4v) is 6.44. The van der Waals surface area contributed by atoms with Crippen LogP contribution in [0.4, 0.5) is 0 Å². The molecule has 5 rings (SSSR count). The first kappa shape index (κ1) is 25.1. The highest BCUT2D eigenvalue weighted by molar-refractivity contribution is 6.02. The van der Waals surface area contributed by atoms with E-state index in [-0.39, 0.29) is 41.9 Å². The predicted molar refractivity (Wildman–Crippen MR) is 137 cm³/mol. The number of aromatic amines is 1. The van der Waals surface area contributed by atoms with Gasteiger partial charge in [-0.05, 0) is 62.1 Å². The summed E-state index contributed by atoms with van der Waals surface area (Å²) in [5.74, 6) is -0.903. The molecule has 37 heavy (non-hydrogen) atoms. The van der Waals surface area contributed by atoms with Gasteiger partial charge in [0.25, 0.3) is 5.91 Å². The number of nitrogens with one attached hydrogen (secondary N) is 3. The molecule has 0 bridgehead atoms. The number of ether oxygens (including phenoxy) is 1. The number of nitrogens with two attached hydrogens (primary N) is 1. The third-order valence-electron chi connectivity index (χ3n) is 8.32. The van der Waals surface area contributed by atoms with E-state index in [1.165, 1.54) is 0 Å². The van der Waals surface area contributed by atoms with Crippen molar-refractivity contribution in [1.82, 2.24) is 20.5 Å². The van der Waals surface area contributed by atoms with Gasteiger partial charge in [0.15, 0.2) is 0 Å². The minimum absolute atomic E-state index is 0.0168. The topological polar surface area (TPSA) is 147 Å². The van der Waals surface area contributed by atoms with Crippen LogP contribution in [0.15, 0.2) is 24.3 Å². The van der Waals surface area contributed by atoms with E-state index in [0.29, 0.717) is 31.0 Å². The Morgan fingerprint density at radius 1 is 1.19 bits per heavy atom. The van der Waals surface area contributed by atoms with Gasteiger partial charge >= 0.3 is 0 Å². The average molecular weight is 510 g/mol. The van der Waals surface area contributed by atoms with Crippen molar-refractivity contribution in [3.63, 3.8) is 0 Å². The smallest absolute Gasteiger partial charge is 0.271 e. The minimum Gasteiger partial charge on any atom is -0.496 e. The van der Waals surface area contributed by atoms with E-state index in [1.54, 1.807) is 18.1 Å². The molecular weight excluding hydrogens is 474 g/mol. The summed E-state index contributed by atoms with van der Waals surface area (Å²) >= 11 is 0. The molecule has 5 N–H and O–H groups in total. The Morgan fingerprint density at radius 2 is 2.00 bits per heavy atom. The van der Waals surface area contributed by atoms with Crippen LogP contribution in [0.25, 0.3) is 10.9 Å². The zero-order chi connectivity index (χ0) is 26.1. The molecule has 10 heteroatoms. The van der Waals surface area contributed by atoms with Gasteiger partial charge in [-0.2, -0.15) is 0 Å². The first-order valence-electron chi connectivity index (χ1n) is 13.2. The number of aromatic nitrogens is 1. The van der Waals surface area contributed by atoms with E-state index in [1.807, 2.05) is 18.2 Å². The molecule has 0 spiro atoms. The first-order valence-corrected chi connectivity index (χ1v) is 13.2. The molecule has 10 nitrogen and oxygen atoms in total. The number of methoxy groups -OCH3 is 1. The van der Waals surface area contributed by atoms with Crippen molar-refractivity contribution < 1.29 is 23.9 Å². The van der Waals surface area contributed by atoms with Crippen molar-refractivity contribution in [3.05, 3.63) is 30.0 Å². The van der Waals surface area contributed by atoms with Gasteiger partial charge in [-0.1, -0.05) is 18.9 Å². The molecule has 2 saturated heterocycles. The molecule has 3 heterocycles. The van der Waals surface area contributed by atoms with Crippen molar-refractivity contribution in [2.75, 3.05) is 20.2 Å². The molecule has 3 fully saturated rings. The minimum atomic E-state index is -0.974. The van der Waals surface area contributed by atoms with Gasteiger partial charge in [-0.25, -0.2) is 0 Å². The number of carbonyl (C=O) groups excluding carboxylic acids is 4. The Hall–Kier alpha value is -3.56. The fraction of sp³-hybridized carbons (Fsp3) is 0.556. The molecule has 0 radical (unpaired) electrons. The monoisotopic (exact) mass is 509 g/mol. The van der Waals surface area contributed by atoms with Gasteiger partial charge in [0.2, 0.25) is 17.7 Å². The van der Waals surface area contributed by atoms with Crippen LogP contribution in [0.2, 0.25) is 0 Å². The quantitative estimate of drug-likeness (QED) is 0.449. The second-order valence-corrected chi connectivity index (χ2v) is 10.5. The molecule has 4 amide bonds. The molecule has 3 aliphatic rings. The zero-order valence-corrected chi connectivity index (χ0v) is 21.1. The summed E-state index contributed by atoms with van der Waals surface area (Å²) in [6.45, 7) is 1.10. The Balaban J connectivity index is 1.39. The van der Waals surface area contributed by atoms with Gasteiger partial charge in [0.1, 0.15) is 23.5 Å². The Morgan fingerprint density at radius 3 is 2.76 bits per heavy atom. The van der Waals surface area contributed by atoms with Gasteiger partial charge < -0.3 is 31.0 Å². The Labute approximate surface area is 215 Å². The third-order valence-corrected chi connectivity index (χ3v) is 8.32. The van der Waals surface area contributed by atoms with Gasteiger partial charge in [0, 0.05) is 29.9 Å². The average Bonchev–Trinajstić information content (AvgIpc) is 3.51. The lowest BCUT2D eigenvalue weighted by atomic mass is 9.78. The lowest BCUT2D eigenvalue weighted by molar-refractivity contribution is -0.133. The number of H-pyrrole nitrogens is 1. The summed E-state index contributed by atoms with van der Waals surface area (Å²) in [4.78, 5) is 56.9. The van der Waals surface area contributed by atoms with Crippen LogP contribution in [0, 0.1) is 17.8 Å². The molecule has 1 aliphatic carbocycles. The Kier molecular flexibility index (Phi) is 7.08. The van der Waals surface area contributed by atoms with E-state index in [0.717, 1.165) is 43.0 Å². The number of primary amides is 1. The number of hydrogen-bond donors (Lipinski definition) is 4. The molecule has 1 saturated carbocycles. The molecule has 1 aromatic carbocycles. The molecule has 2 aliphatic heterocycles. The largest absolute Gasteiger partial charge is 0.496 e. The van der Waals surface area contributed by atoms with Gasteiger partial charge in [-0.3, -0.25) is 19.2 Å². The number of likely N-dealkylation sites (tertiary alicyclic amines) is 1. The number of carbonyl (C=O) groups is 4. The standard InChI is InChI=1S/C27H35N5O5/c1-37-22-10-4-9-19-18(22)13-21(30-19)27(36)32-14-16-6-2-3-8-17(16)23(32)26(35)31-20(24(28)33)12-15-7-5-11-29-25(15)34/h4,9-10,13,15-17,20,23,30H,2-3,5-8,11-12,14H2,1H3,(H2,28,33)(H,29,34)(H,31,35)/t15-,16-,17-,20?,23-/m0/s1. The summed E-state index contributed by atoms with van der Waals surface area (Å²) < 4.78 is 5.44. The predicted octanol–water partition coefficient (Wildman–Crippen LogP) is 1.69. The van der Waals surface area contributed by atoms with Crippen LogP contribution in [-0.4, -0.2) is 65.8 Å². The van der Waals surface area contributed by atoms with E-state index in [4.69, 9.17) is 10.5 Å². The fourth-order valence-electron chi connectivity index (χ4n) is 6.44. The van der Waals surface area contributed by atoms with Crippen LogP contribution in [0.1, 0.15) is 55.4 Å². The van der Waals surface area contributed by atoms with E-state index in [2.05, 4.69) is 15.6 Å². The number of benzene rings is 1. The van der Waals surface area contributed by atoms with Gasteiger partial charge in [0.05, 0.1) is 7.11 Å². The number of piperidine rings is 1. The van der Waals surface area contributed by atoms with E-state index >= 15 is 0 Å². The van der Waals surface area contributed by atoms with Crippen molar-refractivity contribution in [3.8, 4) is 5.75 Å². The van der Waals surface area contributed by atoms with Crippen LogP contribution < -0.4 is 21.1 Å².